The molecule has 1 N–H and O–H groups in total. The van der Waals surface area contributed by atoms with Crippen LogP contribution in [0.15, 0.2) is 30.7 Å². The highest BCUT2D eigenvalue weighted by molar-refractivity contribution is 6.22. The highest BCUT2D eigenvalue weighted by Gasteiger charge is 2.35. The molecule has 2 aromatic rings. The Balaban J connectivity index is 1.73. The summed E-state index contributed by atoms with van der Waals surface area (Å²) in [6, 6.07) is 4.57. The molecule has 0 unspecified atom stereocenters. The minimum Gasteiger partial charge on any atom is -0.385 e. The number of hydrogen-bond donors (Lipinski definition) is 1. The number of carbonyl (C=O) groups is 3. The van der Waals surface area contributed by atoms with Crippen molar-refractivity contribution in [2.24, 2.45) is 0 Å². The fourth-order valence-electron chi connectivity index (χ4n) is 3.44. The third kappa shape index (κ3) is 4.38. The van der Waals surface area contributed by atoms with E-state index in [-0.39, 0.29) is 41.8 Å². The van der Waals surface area contributed by atoms with Gasteiger partial charge in [-0.25, -0.2) is 9.97 Å². The largest absolute Gasteiger partial charge is 0.385 e. The van der Waals surface area contributed by atoms with Gasteiger partial charge in [0.1, 0.15) is 6.33 Å². The monoisotopic (exact) mass is 410 g/mol. The van der Waals surface area contributed by atoms with Crippen LogP contribution in [0.3, 0.4) is 0 Å². The van der Waals surface area contributed by atoms with E-state index in [4.69, 9.17) is 4.74 Å². The van der Waals surface area contributed by atoms with Gasteiger partial charge in [-0.1, -0.05) is 20.8 Å². The second kappa shape index (κ2) is 8.71. The van der Waals surface area contributed by atoms with Gasteiger partial charge >= 0.3 is 0 Å². The van der Waals surface area contributed by atoms with E-state index in [9.17, 15) is 14.4 Å². The van der Waals surface area contributed by atoms with Crippen LogP contribution in [0.4, 0.5) is 0 Å². The maximum Gasteiger partial charge on any atom is 0.261 e. The Morgan fingerprint density at radius 1 is 1.17 bits per heavy atom. The number of ether oxygens (including phenoxy) is 1. The van der Waals surface area contributed by atoms with Crippen molar-refractivity contribution in [1.29, 1.82) is 0 Å². The number of nitrogens with one attached hydrogen (secondary N) is 1. The zero-order chi connectivity index (χ0) is 21.9. The first-order valence-electron chi connectivity index (χ1n) is 9.80. The number of fused-ring (bicyclic) bond motifs is 1. The van der Waals surface area contributed by atoms with Crippen LogP contribution in [0.5, 0.6) is 0 Å². The normalized spacial score (nSPS) is 13.5. The predicted octanol–water partition coefficient (Wildman–Crippen LogP) is 2.34. The third-order valence-corrected chi connectivity index (χ3v) is 4.90. The molecule has 0 aliphatic carbocycles. The molecule has 0 spiro atoms. The van der Waals surface area contributed by atoms with E-state index in [0.717, 1.165) is 11.3 Å². The highest BCUT2D eigenvalue weighted by Crippen LogP contribution is 2.25. The maximum absolute atomic E-state index is 12.7. The van der Waals surface area contributed by atoms with E-state index in [1.165, 1.54) is 23.4 Å². The Morgan fingerprint density at radius 2 is 1.90 bits per heavy atom. The first kappa shape index (κ1) is 21.6. The highest BCUT2D eigenvalue weighted by atomic mass is 16.5. The van der Waals surface area contributed by atoms with Gasteiger partial charge in [-0.2, -0.15) is 0 Å². The fourth-order valence-corrected chi connectivity index (χ4v) is 3.44. The number of benzene rings is 1. The van der Waals surface area contributed by atoms with Crippen molar-refractivity contribution in [2.75, 3.05) is 20.3 Å². The molecule has 0 saturated heterocycles. The standard InChI is InChI=1S/C22H26N4O4/c1-22(2,3)18-15(11-23-13-25-18)12-24-19(27)14-6-7-16-17(10-14)21(29)26(20(16)28)8-5-9-30-4/h6-7,10-11,13H,5,8-9,12H2,1-4H3,(H,24,27). The molecule has 1 aliphatic heterocycles. The Kier molecular flexibility index (Phi) is 6.26. The Morgan fingerprint density at radius 3 is 2.60 bits per heavy atom. The summed E-state index contributed by atoms with van der Waals surface area (Å²) in [6.45, 7) is 7.14. The predicted molar refractivity (Wildman–Crippen MR) is 110 cm³/mol. The second-order valence-corrected chi connectivity index (χ2v) is 8.20. The van der Waals surface area contributed by atoms with E-state index in [2.05, 4.69) is 15.3 Å². The van der Waals surface area contributed by atoms with Gasteiger partial charge in [-0.3, -0.25) is 19.3 Å². The average molecular weight is 410 g/mol. The fraction of sp³-hybridized carbons (Fsp3) is 0.409. The number of rotatable bonds is 7. The zero-order valence-electron chi connectivity index (χ0n) is 17.7. The summed E-state index contributed by atoms with van der Waals surface area (Å²) in [4.78, 5) is 47.4. The summed E-state index contributed by atoms with van der Waals surface area (Å²) < 4.78 is 4.98. The summed E-state index contributed by atoms with van der Waals surface area (Å²) in [5.41, 5.74) is 2.40. The molecule has 1 aliphatic rings. The average Bonchev–Trinajstić information content (AvgIpc) is 2.96. The van der Waals surface area contributed by atoms with Crippen LogP contribution in [0.2, 0.25) is 0 Å². The van der Waals surface area contributed by atoms with E-state index in [1.54, 1.807) is 19.4 Å². The summed E-state index contributed by atoms with van der Waals surface area (Å²) in [7, 11) is 1.57. The molecular formula is C22H26N4O4. The molecule has 0 radical (unpaired) electrons. The molecule has 30 heavy (non-hydrogen) atoms. The summed E-state index contributed by atoms with van der Waals surface area (Å²) in [6.07, 6.45) is 3.74. The lowest BCUT2D eigenvalue weighted by atomic mass is 9.89. The molecule has 158 valence electrons. The van der Waals surface area contributed by atoms with Gasteiger partial charge in [0.2, 0.25) is 0 Å². The van der Waals surface area contributed by atoms with E-state index in [1.807, 2.05) is 20.8 Å². The summed E-state index contributed by atoms with van der Waals surface area (Å²) >= 11 is 0. The molecule has 1 aromatic carbocycles. The number of methoxy groups -OCH3 is 1. The van der Waals surface area contributed by atoms with E-state index >= 15 is 0 Å². The SMILES string of the molecule is COCCCN1C(=O)c2ccc(C(=O)NCc3cncnc3C(C)(C)C)cc2C1=O. The van der Waals surface area contributed by atoms with Crippen LogP contribution >= 0.6 is 0 Å². The van der Waals surface area contributed by atoms with Gasteiger partial charge in [0.15, 0.2) is 0 Å². The molecule has 0 fully saturated rings. The van der Waals surface area contributed by atoms with Crippen molar-refractivity contribution in [3.05, 3.63) is 58.7 Å². The number of imide groups is 1. The lowest BCUT2D eigenvalue weighted by Crippen LogP contribution is -2.31. The smallest absolute Gasteiger partial charge is 0.261 e. The van der Waals surface area contributed by atoms with Gasteiger partial charge < -0.3 is 10.1 Å². The third-order valence-electron chi connectivity index (χ3n) is 4.90. The van der Waals surface area contributed by atoms with E-state index in [0.29, 0.717) is 24.2 Å². The minimum atomic E-state index is -0.382. The van der Waals surface area contributed by atoms with Gasteiger partial charge in [0.25, 0.3) is 17.7 Å². The maximum atomic E-state index is 12.7. The quantitative estimate of drug-likeness (QED) is 0.555. The van der Waals surface area contributed by atoms with Crippen LogP contribution in [-0.4, -0.2) is 52.9 Å². The van der Waals surface area contributed by atoms with Crippen molar-refractivity contribution in [3.63, 3.8) is 0 Å². The molecule has 0 saturated carbocycles. The van der Waals surface area contributed by atoms with E-state index < -0.39 is 0 Å². The van der Waals surface area contributed by atoms with Gasteiger partial charge in [0.05, 0.1) is 16.8 Å². The van der Waals surface area contributed by atoms with Gasteiger partial charge in [-0.15, -0.1) is 0 Å². The molecule has 3 amide bonds. The molecule has 0 bridgehead atoms. The molecule has 2 heterocycles. The molecule has 3 rings (SSSR count). The molecular weight excluding hydrogens is 384 g/mol. The van der Waals surface area contributed by atoms with Crippen LogP contribution in [-0.2, 0) is 16.7 Å². The van der Waals surface area contributed by atoms with Crippen LogP contribution in [0, 0.1) is 0 Å². The second-order valence-electron chi connectivity index (χ2n) is 8.20. The Bertz CT molecular complexity index is 981. The van der Waals surface area contributed by atoms with Crippen molar-refractivity contribution >= 4 is 17.7 Å². The Labute approximate surface area is 175 Å². The van der Waals surface area contributed by atoms with Crippen molar-refractivity contribution in [2.45, 2.75) is 39.2 Å². The lowest BCUT2D eigenvalue weighted by Gasteiger charge is -2.21. The van der Waals surface area contributed by atoms with Crippen LogP contribution < -0.4 is 5.32 Å². The summed E-state index contributed by atoms with van der Waals surface area (Å²) in [5, 5.41) is 2.85. The molecule has 1 aromatic heterocycles. The molecule has 8 nitrogen and oxygen atoms in total. The van der Waals surface area contributed by atoms with Crippen LogP contribution in [0.1, 0.15) is 69.5 Å². The number of amides is 3. The van der Waals surface area contributed by atoms with Crippen molar-refractivity contribution in [1.82, 2.24) is 20.2 Å². The first-order chi connectivity index (χ1) is 14.2. The summed E-state index contributed by atoms with van der Waals surface area (Å²) in [5.74, 6) is -1.05. The molecule has 8 heteroatoms. The number of aromatic nitrogens is 2. The van der Waals surface area contributed by atoms with Crippen molar-refractivity contribution in [3.8, 4) is 0 Å². The number of carbonyl (C=O) groups excluding carboxylic acids is 3. The van der Waals surface area contributed by atoms with Gasteiger partial charge in [0, 0.05) is 49.5 Å². The minimum absolute atomic E-state index is 0.185. The molecule has 0 atom stereocenters. The van der Waals surface area contributed by atoms with Crippen molar-refractivity contribution < 1.29 is 19.1 Å². The van der Waals surface area contributed by atoms with Crippen LogP contribution in [0.25, 0.3) is 0 Å². The first-order valence-corrected chi connectivity index (χ1v) is 9.80. The number of hydrogen-bond acceptors (Lipinski definition) is 6. The lowest BCUT2D eigenvalue weighted by molar-refractivity contribution is 0.0638. The zero-order valence-corrected chi connectivity index (χ0v) is 17.7. The topological polar surface area (TPSA) is 101 Å². The number of nitrogens with zero attached hydrogens (tertiary/aromatic N) is 3. The Hall–Kier alpha value is -3.13. The van der Waals surface area contributed by atoms with Gasteiger partial charge in [-0.05, 0) is 24.6 Å².